The summed E-state index contributed by atoms with van der Waals surface area (Å²) in [5.74, 6) is -0.0820. The maximum absolute atomic E-state index is 11.3. The molecule has 0 aliphatic carbocycles. The number of aromatic nitrogens is 2. The van der Waals surface area contributed by atoms with E-state index in [-0.39, 0.29) is 11.9 Å². The summed E-state index contributed by atoms with van der Waals surface area (Å²) in [4.78, 5) is 11.3. The Hall–Kier alpha value is -1.36. The molecule has 1 aromatic rings. The van der Waals surface area contributed by atoms with E-state index in [9.17, 15) is 4.79 Å². The molecule has 0 saturated carbocycles. The van der Waals surface area contributed by atoms with E-state index < -0.39 is 0 Å². The number of nitrogens with one attached hydrogen (secondary N) is 1. The number of hydrogen-bond acceptors (Lipinski definition) is 3. The minimum Gasteiger partial charge on any atom is -0.354 e. The van der Waals surface area contributed by atoms with Crippen molar-refractivity contribution in [1.82, 2.24) is 15.1 Å². The second kappa shape index (κ2) is 5.50. The van der Waals surface area contributed by atoms with E-state index >= 15 is 0 Å². The number of nitrogens with zero attached hydrogens (tertiary/aromatic N) is 2. The third kappa shape index (κ3) is 3.71. The highest BCUT2D eigenvalue weighted by molar-refractivity contribution is 5.81. The molecule has 84 valence electrons. The molecular weight excluding hydrogens is 192 g/mol. The highest BCUT2D eigenvalue weighted by Gasteiger charge is 2.09. The third-order valence-electron chi connectivity index (χ3n) is 2.25. The Kier molecular flexibility index (Phi) is 4.30. The lowest BCUT2D eigenvalue weighted by molar-refractivity contribution is -0.122. The fourth-order valence-corrected chi connectivity index (χ4v) is 1.25. The first-order valence-electron chi connectivity index (χ1n) is 5.14. The average Bonchev–Trinajstić information content (AvgIpc) is 2.63. The van der Waals surface area contributed by atoms with Gasteiger partial charge in [-0.3, -0.25) is 9.48 Å². The molecule has 0 unspecified atom stereocenters. The van der Waals surface area contributed by atoms with Crippen LogP contribution in [0.15, 0.2) is 12.4 Å². The normalized spacial score (nSPS) is 12.5. The number of amides is 1. The second-order valence-electron chi connectivity index (χ2n) is 3.58. The predicted octanol–water partition coefficient (Wildman–Crippen LogP) is -0.184. The summed E-state index contributed by atoms with van der Waals surface area (Å²) in [6.07, 6.45) is 5.19. The lowest BCUT2D eigenvalue weighted by Crippen LogP contribution is -2.40. The quantitative estimate of drug-likeness (QED) is 0.708. The zero-order valence-electron chi connectivity index (χ0n) is 9.23. The van der Waals surface area contributed by atoms with Gasteiger partial charge in [-0.05, 0) is 18.4 Å². The van der Waals surface area contributed by atoms with Crippen molar-refractivity contribution in [3.05, 3.63) is 18.0 Å². The maximum atomic E-state index is 11.3. The minimum absolute atomic E-state index is 0.0820. The van der Waals surface area contributed by atoms with Crippen LogP contribution in [0.5, 0.6) is 0 Å². The first-order valence-corrected chi connectivity index (χ1v) is 5.14. The van der Waals surface area contributed by atoms with Gasteiger partial charge in [0.05, 0.1) is 12.2 Å². The van der Waals surface area contributed by atoms with Crippen molar-refractivity contribution in [2.45, 2.75) is 25.8 Å². The maximum Gasteiger partial charge on any atom is 0.236 e. The molecule has 0 aliphatic rings. The van der Waals surface area contributed by atoms with E-state index in [4.69, 9.17) is 5.73 Å². The summed E-state index contributed by atoms with van der Waals surface area (Å²) in [5.41, 5.74) is 6.69. The molecular formula is C10H18N4O. The number of carbonyl (C=O) groups excluding carboxylic acids is 1. The number of hydrogen-bond donors (Lipinski definition) is 2. The van der Waals surface area contributed by atoms with Gasteiger partial charge in [-0.25, -0.2) is 0 Å². The monoisotopic (exact) mass is 210 g/mol. The molecule has 0 fully saturated rings. The standard InChI is InChI=1S/C10H18N4O/c1-3-9(11)10(15)12-5-4-8-6-13-14(2)7-8/h6-7,9H,3-5,11H2,1-2H3,(H,12,15)/t9-/m0/s1. The van der Waals surface area contributed by atoms with Crippen LogP contribution in [-0.4, -0.2) is 28.3 Å². The van der Waals surface area contributed by atoms with E-state index in [0.717, 1.165) is 12.0 Å². The SMILES string of the molecule is CC[C@H](N)C(=O)NCCc1cnn(C)c1. The first kappa shape index (κ1) is 11.7. The smallest absolute Gasteiger partial charge is 0.236 e. The molecule has 1 atom stereocenters. The predicted molar refractivity (Wildman–Crippen MR) is 58.2 cm³/mol. The zero-order valence-corrected chi connectivity index (χ0v) is 9.23. The Labute approximate surface area is 89.6 Å². The summed E-state index contributed by atoms with van der Waals surface area (Å²) in [7, 11) is 1.87. The van der Waals surface area contributed by atoms with Crippen LogP contribution in [0, 0.1) is 0 Å². The summed E-state index contributed by atoms with van der Waals surface area (Å²) in [6, 6.07) is -0.390. The molecule has 0 spiro atoms. The van der Waals surface area contributed by atoms with Gasteiger partial charge in [0.1, 0.15) is 0 Å². The molecule has 1 rings (SSSR count). The van der Waals surface area contributed by atoms with Gasteiger partial charge in [0.2, 0.25) is 5.91 Å². The van der Waals surface area contributed by atoms with Gasteiger partial charge in [0, 0.05) is 19.8 Å². The molecule has 0 radical (unpaired) electrons. The van der Waals surface area contributed by atoms with Crippen LogP contribution in [-0.2, 0) is 18.3 Å². The van der Waals surface area contributed by atoms with Crippen molar-refractivity contribution >= 4 is 5.91 Å². The molecule has 0 aromatic carbocycles. The third-order valence-corrected chi connectivity index (χ3v) is 2.25. The highest BCUT2D eigenvalue weighted by Crippen LogP contribution is 1.96. The summed E-state index contributed by atoms with van der Waals surface area (Å²) in [5, 5.41) is 6.84. The van der Waals surface area contributed by atoms with E-state index in [1.165, 1.54) is 0 Å². The molecule has 0 saturated heterocycles. The summed E-state index contributed by atoms with van der Waals surface area (Å²) >= 11 is 0. The van der Waals surface area contributed by atoms with Gasteiger partial charge in [-0.15, -0.1) is 0 Å². The van der Waals surface area contributed by atoms with Crippen molar-refractivity contribution in [2.24, 2.45) is 12.8 Å². The van der Waals surface area contributed by atoms with Crippen molar-refractivity contribution < 1.29 is 4.79 Å². The van der Waals surface area contributed by atoms with E-state index in [1.54, 1.807) is 10.9 Å². The number of carbonyl (C=O) groups is 1. The van der Waals surface area contributed by atoms with Gasteiger partial charge in [-0.1, -0.05) is 6.92 Å². The lowest BCUT2D eigenvalue weighted by atomic mass is 10.2. The zero-order chi connectivity index (χ0) is 11.3. The van der Waals surface area contributed by atoms with Crippen molar-refractivity contribution in [2.75, 3.05) is 6.54 Å². The molecule has 5 nitrogen and oxygen atoms in total. The van der Waals surface area contributed by atoms with Gasteiger partial charge in [0.25, 0.3) is 0 Å². The number of rotatable bonds is 5. The fraction of sp³-hybridized carbons (Fsp3) is 0.600. The molecule has 0 bridgehead atoms. The molecule has 5 heteroatoms. The van der Waals surface area contributed by atoms with E-state index in [0.29, 0.717) is 13.0 Å². The Morgan fingerprint density at radius 3 is 3.00 bits per heavy atom. The Balaban J connectivity index is 2.24. The molecule has 1 heterocycles. The number of aryl methyl sites for hydroxylation is 1. The van der Waals surface area contributed by atoms with Gasteiger partial charge in [-0.2, -0.15) is 5.10 Å². The Morgan fingerprint density at radius 2 is 2.47 bits per heavy atom. The largest absolute Gasteiger partial charge is 0.354 e. The highest BCUT2D eigenvalue weighted by atomic mass is 16.2. The van der Waals surface area contributed by atoms with Crippen LogP contribution < -0.4 is 11.1 Å². The van der Waals surface area contributed by atoms with Crippen LogP contribution in [0.2, 0.25) is 0 Å². The van der Waals surface area contributed by atoms with Crippen molar-refractivity contribution in [3.8, 4) is 0 Å². The van der Waals surface area contributed by atoms with Crippen molar-refractivity contribution in [3.63, 3.8) is 0 Å². The fourth-order valence-electron chi connectivity index (χ4n) is 1.25. The van der Waals surface area contributed by atoms with E-state index in [2.05, 4.69) is 10.4 Å². The van der Waals surface area contributed by atoms with Crippen LogP contribution in [0.25, 0.3) is 0 Å². The van der Waals surface area contributed by atoms with Crippen LogP contribution in [0.1, 0.15) is 18.9 Å². The van der Waals surface area contributed by atoms with Gasteiger partial charge < -0.3 is 11.1 Å². The van der Waals surface area contributed by atoms with Gasteiger partial charge in [0.15, 0.2) is 0 Å². The van der Waals surface area contributed by atoms with Crippen LogP contribution in [0.4, 0.5) is 0 Å². The average molecular weight is 210 g/mol. The topological polar surface area (TPSA) is 72.9 Å². The van der Waals surface area contributed by atoms with Crippen LogP contribution in [0.3, 0.4) is 0 Å². The van der Waals surface area contributed by atoms with Crippen molar-refractivity contribution in [1.29, 1.82) is 0 Å². The molecule has 3 N–H and O–H groups in total. The molecule has 1 aromatic heterocycles. The number of nitrogens with two attached hydrogens (primary N) is 1. The molecule has 1 amide bonds. The minimum atomic E-state index is -0.390. The lowest BCUT2D eigenvalue weighted by Gasteiger charge is -2.08. The molecule has 0 aliphatic heterocycles. The Morgan fingerprint density at radius 1 is 1.73 bits per heavy atom. The summed E-state index contributed by atoms with van der Waals surface area (Å²) in [6.45, 7) is 2.50. The summed E-state index contributed by atoms with van der Waals surface area (Å²) < 4.78 is 1.74. The second-order valence-corrected chi connectivity index (χ2v) is 3.58. The Bertz CT molecular complexity index is 321. The van der Waals surface area contributed by atoms with Crippen LogP contribution >= 0.6 is 0 Å². The van der Waals surface area contributed by atoms with Gasteiger partial charge >= 0.3 is 0 Å². The first-order chi connectivity index (χ1) is 7.13. The van der Waals surface area contributed by atoms with E-state index in [1.807, 2.05) is 20.2 Å². The molecule has 15 heavy (non-hydrogen) atoms.